The molecular weight excluding hydrogens is 454 g/mol. The van der Waals surface area contributed by atoms with Crippen molar-refractivity contribution >= 4 is 17.7 Å². The van der Waals surface area contributed by atoms with Crippen LogP contribution in [-0.4, -0.2) is 55.4 Å². The predicted octanol–water partition coefficient (Wildman–Crippen LogP) is 4.36. The van der Waals surface area contributed by atoms with Crippen LogP contribution in [0.5, 0.6) is 11.5 Å². The van der Waals surface area contributed by atoms with Gasteiger partial charge in [-0.2, -0.15) is 0 Å². The van der Waals surface area contributed by atoms with Gasteiger partial charge in [-0.25, -0.2) is 4.98 Å². The Balaban J connectivity index is 2.04. The molecule has 0 N–H and O–H groups in total. The molecule has 9 heteroatoms. The Kier molecular flexibility index (Phi) is 11.4. The quantitative estimate of drug-likeness (QED) is 0.212. The summed E-state index contributed by atoms with van der Waals surface area (Å²) in [6, 6.07) is 1.53. The van der Waals surface area contributed by atoms with E-state index in [0.717, 1.165) is 25.7 Å². The third-order valence-electron chi connectivity index (χ3n) is 5.96. The minimum absolute atomic E-state index is 0.00620. The molecule has 0 spiro atoms. The van der Waals surface area contributed by atoms with Crippen LogP contribution in [-0.2, 0) is 23.8 Å². The third-order valence-corrected chi connectivity index (χ3v) is 5.96. The highest BCUT2D eigenvalue weighted by molar-refractivity contribution is 5.99. The molecule has 0 amide bonds. The number of aromatic nitrogens is 1. The fourth-order valence-corrected chi connectivity index (χ4v) is 4.17. The van der Waals surface area contributed by atoms with Gasteiger partial charge in [0.05, 0.1) is 19.1 Å². The first-order chi connectivity index (χ1) is 16.6. The standard InChI is InChI=1S/C26H39NO8/c1-16(2)14-32-24(20-9-7-8-10-20)18(4)35-26(30)17(3)13-21(29)23-25(34-15-33-19(5)28)22(31-6)11-12-27-23/h11-12,16-18,20,24H,7-10,13-15H2,1-6H3/t17-,18+,24+/m1/s1. The van der Waals surface area contributed by atoms with E-state index < -0.39 is 36.5 Å². The third kappa shape index (κ3) is 8.80. The molecule has 1 aliphatic carbocycles. The van der Waals surface area contributed by atoms with Crippen LogP contribution in [0.15, 0.2) is 12.3 Å². The zero-order valence-electron chi connectivity index (χ0n) is 21.7. The summed E-state index contributed by atoms with van der Waals surface area (Å²) >= 11 is 0. The van der Waals surface area contributed by atoms with Gasteiger partial charge in [0.2, 0.25) is 6.79 Å². The van der Waals surface area contributed by atoms with E-state index in [2.05, 4.69) is 18.8 Å². The van der Waals surface area contributed by atoms with Gasteiger partial charge in [-0.3, -0.25) is 14.4 Å². The Morgan fingerprint density at radius 3 is 2.40 bits per heavy atom. The average molecular weight is 494 g/mol. The van der Waals surface area contributed by atoms with Crippen LogP contribution < -0.4 is 9.47 Å². The normalized spacial score (nSPS) is 16.4. The smallest absolute Gasteiger partial charge is 0.309 e. The summed E-state index contributed by atoms with van der Waals surface area (Å²) in [7, 11) is 1.42. The first kappa shape index (κ1) is 28.6. The lowest BCUT2D eigenvalue weighted by atomic mass is 9.96. The average Bonchev–Trinajstić information content (AvgIpc) is 3.33. The number of ether oxygens (including phenoxy) is 5. The summed E-state index contributed by atoms with van der Waals surface area (Å²) in [5.74, 6) is -1.04. The molecule has 35 heavy (non-hydrogen) atoms. The molecule has 0 radical (unpaired) electrons. The van der Waals surface area contributed by atoms with Crippen molar-refractivity contribution in [3.05, 3.63) is 18.0 Å². The number of methoxy groups -OCH3 is 1. The van der Waals surface area contributed by atoms with Gasteiger partial charge in [0.1, 0.15) is 6.10 Å². The number of pyridine rings is 1. The van der Waals surface area contributed by atoms with Crippen LogP contribution in [0, 0.1) is 17.8 Å². The highest BCUT2D eigenvalue weighted by Gasteiger charge is 2.34. The number of ketones is 1. The second kappa shape index (κ2) is 14.0. The molecule has 1 aliphatic rings. The second-order valence-corrected chi connectivity index (χ2v) is 9.50. The molecule has 0 aliphatic heterocycles. The molecule has 1 aromatic rings. The molecule has 1 aromatic heterocycles. The minimum Gasteiger partial charge on any atom is -0.493 e. The van der Waals surface area contributed by atoms with Crippen molar-refractivity contribution < 1.29 is 38.1 Å². The van der Waals surface area contributed by atoms with Gasteiger partial charge >= 0.3 is 11.9 Å². The maximum atomic E-state index is 13.0. The molecule has 0 bridgehead atoms. The summed E-state index contributed by atoms with van der Waals surface area (Å²) in [5.41, 5.74) is -0.00620. The van der Waals surface area contributed by atoms with Gasteiger partial charge in [0, 0.05) is 32.2 Å². The van der Waals surface area contributed by atoms with Crippen LogP contribution in [0.3, 0.4) is 0 Å². The van der Waals surface area contributed by atoms with E-state index in [0.29, 0.717) is 18.4 Å². The number of hydrogen-bond donors (Lipinski definition) is 0. The van der Waals surface area contributed by atoms with Gasteiger partial charge in [-0.15, -0.1) is 0 Å². The Hall–Kier alpha value is -2.68. The molecule has 196 valence electrons. The molecule has 0 unspecified atom stereocenters. The number of esters is 2. The lowest BCUT2D eigenvalue weighted by molar-refractivity contribution is -0.164. The van der Waals surface area contributed by atoms with E-state index >= 15 is 0 Å². The summed E-state index contributed by atoms with van der Waals surface area (Å²) in [4.78, 5) is 41.0. The van der Waals surface area contributed by atoms with Gasteiger partial charge in [-0.05, 0) is 31.6 Å². The van der Waals surface area contributed by atoms with E-state index in [1.807, 2.05) is 6.92 Å². The van der Waals surface area contributed by atoms with Crippen molar-refractivity contribution in [2.24, 2.45) is 17.8 Å². The van der Waals surface area contributed by atoms with Crippen LogP contribution in [0.25, 0.3) is 0 Å². The van der Waals surface area contributed by atoms with Crippen LogP contribution >= 0.6 is 0 Å². The topological polar surface area (TPSA) is 110 Å². The molecule has 1 saturated carbocycles. The number of nitrogens with zero attached hydrogens (tertiary/aromatic N) is 1. The monoisotopic (exact) mass is 493 g/mol. The molecule has 0 aromatic carbocycles. The van der Waals surface area contributed by atoms with E-state index in [-0.39, 0.29) is 29.7 Å². The number of hydrogen-bond acceptors (Lipinski definition) is 9. The fraction of sp³-hybridized carbons (Fsp3) is 0.692. The highest BCUT2D eigenvalue weighted by atomic mass is 16.7. The van der Waals surface area contributed by atoms with E-state index in [9.17, 15) is 14.4 Å². The molecule has 1 fully saturated rings. The lowest BCUT2D eigenvalue weighted by Gasteiger charge is -2.30. The van der Waals surface area contributed by atoms with Crippen molar-refractivity contribution in [3.63, 3.8) is 0 Å². The zero-order valence-corrected chi connectivity index (χ0v) is 21.7. The van der Waals surface area contributed by atoms with E-state index in [4.69, 9.17) is 23.7 Å². The lowest BCUT2D eigenvalue weighted by Crippen LogP contribution is -2.38. The molecular formula is C26H39NO8. The number of rotatable bonds is 14. The Bertz CT molecular complexity index is 850. The van der Waals surface area contributed by atoms with Crippen molar-refractivity contribution in [3.8, 4) is 11.5 Å². The molecule has 3 atom stereocenters. The predicted molar refractivity (Wildman–Crippen MR) is 128 cm³/mol. The van der Waals surface area contributed by atoms with Crippen molar-refractivity contribution in [2.75, 3.05) is 20.5 Å². The number of Topliss-reactive ketones (excluding diaryl/α,β-unsaturated/α-hetero) is 1. The zero-order chi connectivity index (χ0) is 26.0. The number of carbonyl (C=O) groups excluding carboxylic acids is 3. The van der Waals surface area contributed by atoms with Gasteiger partial charge in [-0.1, -0.05) is 33.6 Å². The molecule has 2 rings (SSSR count). The van der Waals surface area contributed by atoms with Gasteiger partial charge in [0.25, 0.3) is 0 Å². The Morgan fingerprint density at radius 1 is 1.11 bits per heavy atom. The Labute approximate surface area is 207 Å². The summed E-state index contributed by atoms with van der Waals surface area (Å²) in [6.45, 7) is 9.14. The minimum atomic E-state index is -0.700. The SMILES string of the molecule is COc1ccnc(C(=O)C[C@@H](C)C(=O)O[C@@H](C)[C@H](OCC(C)C)C2CCCC2)c1OCOC(C)=O. The summed E-state index contributed by atoms with van der Waals surface area (Å²) < 4.78 is 27.4. The van der Waals surface area contributed by atoms with E-state index in [1.165, 1.54) is 26.3 Å². The molecule has 9 nitrogen and oxygen atoms in total. The van der Waals surface area contributed by atoms with Crippen LogP contribution in [0.4, 0.5) is 0 Å². The Morgan fingerprint density at radius 2 is 1.80 bits per heavy atom. The van der Waals surface area contributed by atoms with Gasteiger partial charge in [0.15, 0.2) is 23.0 Å². The van der Waals surface area contributed by atoms with Gasteiger partial charge < -0.3 is 23.7 Å². The largest absolute Gasteiger partial charge is 0.493 e. The first-order valence-electron chi connectivity index (χ1n) is 12.3. The van der Waals surface area contributed by atoms with E-state index in [1.54, 1.807) is 6.92 Å². The summed E-state index contributed by atoms with van der Waals surface area (Å²) in [5, 5.41) is 0. The molecule has 0 saturated heterocycles. The number of carbonyl (C=O) groups is 3. The first-order valence-corrected chi connectivity index (χ1v) is 12.3. The summed E-state index contributed by atoms with van der Waals surface area (Å²) in [6.07, 6.45) is 5.16. The molecule has 1 heterocycles. The maximum Gasteiger partial charge on any atom is 0.309 e. The highest BCUT2D eigenvalue weighted by Crippen LogP contribution is 2.33. The maximum absolute atomic E-state index is 13.0. The van der Waals surface area contributed by atoms with Crippen LogP contribution in [0.2, 0.25) is 0 Å². The fourth-order valence-electron chi connectivity index (χ4n) is 4.17. The van der Waals surface area contributed by atoms with Crippen molar-refractivity contribution in [1.82, 2.24) is 4.98 Å². The van der Waals surface area contributed by atoms with Crippen molar-refractivity contribution in [2.45, 2.75) is 78.9 Å². The van der Waals surface area contributed by atoms with Crippen LogP contribution in [0.1, 0.15) is 77.2 Å². The van der Waals surface area contributed by atoms with Crippen molar-refractivity contribution in [1.29, 1.82) is 0 Å². The second-order valence-electron chi connectivity index (χ2n) is 9.50.